The van der Waals surface area contributed by atoms with Crippen molar-refractivity contribution < 1.29 is 18.3 Å². The number of ether oxygens (including phenoxy) is 2. The number of hydrogen-bond donors (Lipinski definition) is 0. The van der Waals surface area contributed by atoms with Crippen molar-refractivity contribution in [3.05, 3.63) is 63.1 Å². The van der Waals surface area contributed by atoms with Crippen molar-refractivity contribution in [2.24, 2.45) is 0 Å². The second kappa shape index (κ2) is 9.21. The first kappa shape index (κ1) is 18.2. The molecule has 0 bridgehead atoms. The molecule has 0 spiro atoms. The van der Waals surface area contributed by atoms with Crippen LogP contribution in [-0.2, 0) is 11.2 Å². The molecule has 0 aliphatic rings. The van der Waals surface area contributed by atoms with Crippen molar-refractivity contribution in [2.75, 3.05) is 19.8 Å². The average molecular weight is 406 g/mol. The zero-order chi connectivity index (χ0) is 16.7. The third-order valence-electron chi connectivity index (χ3n) is 3.07. The third kappa shape index (κ3) is 6.45. The van der Waals surface area contributed by atoms with E-state index in [0.29, 0.717) is 5.75 Å². The highest BCUT2D eigenvalue weighted by Crippen LogP contribution is 2.24. The Kier molecular flexibility index (Phi) is 7.27. The lowest BCUT2D eigenvalue weighted by Gasteiger charge is -2.09. The molecule has 2 aromatic carbocycles. The van der Waals surface area contributed by atoms with Gasteiger partial charge in [0.15, 0.2) is 0 Å². The van der Waals surface area contributed by atoms with E-state index in [0.717, 1.165) is 27.0 Å². The fourth-order valence-corrected chi connectivity index (χ4v) is 2.59. The van der Waals surface area contributed by atoms with Gasteiger partial charge in [-0.1, -0.05) is 39.7 Å². The van der Waals surface area contributed by atoms with Crippen LogP contribution in [0.25, 0.3) is 0 Å². The second-order valence-electron chi connectivity index (χ2n) is 4.87. The Morgan fingerprint density at radius 2 is 1.78 bits per heavy atom. The van der Waals surface area contributed by atoms with Gasteiger partial charge in [-0.05, 0) is 47.9 Å². The summed E-state index contributed by atoms with van der Waals surface area (Å²) in [6.07, 6.45) is -1.73. The first-order valence-corrected chi connectivity index (χ1v) is 8.23. The molecule has 2 rings (SSSR count). The predicted octanol–water partition coefficient (Wildman–Crippen LogP) is 5.35. The molecular weight excluding hydrogens is 390 g/mol. The first-order chi connectivity index (χ1) is 11.0. The van der Waals surface area contributed by atoms with Gasteiger partial charge in [0.05, 0.1) is 6.61 Å². The quantitative estimate of drug-likeness (QED) is 0.551. The molecule has 0 aromatic heterocycles. The molecule has 0 radical (unpaired) electrons. The van der Waals surface area contributed by atoms with Gasteiger partial charge in [0.2, 0.25) is 0 Å². The molecule has 0 amide bonds. The molecule has 0 saturated heterocycles. The lowest BCUT2D eigenvalue weighted by molar-refractivity contribution is 0.00763. The molecule has 124 valence electrons. The maximum absolute atomic E-state index is 11.9. The molecule has 2 nitrogen and oxygen atoms in total. The zero-order valence-electron chi connectivity index (χ0n) is 12.3. The molecule has 0 aliphatic heterocycles. The molecule has 0 N–H and O–H groups in total. The SMILES string of the molecule is FC(F)COCCOc1ccc(Cc2cc(Br)ccc2Cl)cc1. The van der Waals surface area contributed by atoms with Crippen LogP contribution in [0.15, 0.2) is 46.9 Å². The Morgan fingerprint density at radius 3 is 2.48 bits per heavy atom. The topological polar surface area (TPSA) is 18.5 Å². The van der Waals surface area contributed by atoms with Gasteiger partial charge in [0.25, 0.3) is 6.43 Å². The highest BCUT2D eigenvalue weighted by molar-refractivity contribution is 9.10. The first-order valence-electron chi connectivity index (χ1n) is 7.06. The van der Waals surface area contributed by atoms with Crippen LogP contribution < -0.4 is 4.74 Å². The van der Waals surface area contributed by atoms with Crippen molar-refractivity contribution in [3.63, 3.8) is 0 Å². The van der Waals surface area contributed by atoms with Gasteiger partial charge < -0.3 is 9.47 Å². The van der Waals surface area contributed by atoms with E-state index in [1.165, 1.54) is 0 Å². The van der Waals surface area contributed by atoms with Crippen LogP contribution in [0.3, 0.4) is 0 Å². The van der Waals surface area contributed by atoms with Gasteiger partial charge in [-0.15, -0.1) is 0 Å². The van der Waals surface area contributed by atoms with Gasteiger partial charge in [0.1, 0.15) is 19.0 Å². The lowest BCUT2D eigenvalue weighted by Crippen LogP contribution is -2.11. The Labute approximate surface area is 147 Å². The lowest BCUT2D eigenvalue weighted by atomic mass is 10.1. The molecule has 6 heteroatoms. The smallest absolute Gasteiger partial charge is 0.261 e. The Morgan fingerprint density at radius 1 is 1.04 bits per heavy atom. The minimum Gasteiger partial charge on any atom is -0.491 e. The zero-order valence-corrected chi connectivity index (χ0v) is 14.6. The summed E-state index contributed by atoms with van der Waals surface area (Å²) in [6.45, 7) is -0.182. The minimum atomic E-state index is -2.45. The second-order valence-corrected chi connectivity index (χ2v) is 6.19. The number of rotatable bonds is 8. The summed E-state index contributed by atoms with van der Waals surface area (Å²) >= 11 is 9.62. The Balaban J connectivity index is 1.83. The fraction of sp³-hybridized carbons (Fsp3) is 0.294. The van der Waals surface area contributed by atoms with Gasteiger partial charge in [-0.2, -0.15) is 0 Å². The van der Waals surface area contributed by atoms with Crippen LogP contribution in [-0.4, -0.2) is 26.2 Å². The fourth-order valence-electron chi connectivity index (χ4n) is 1.99. The summed E-state index contributed by atoms with van der Waals surface area (Å²) < 4.78 is 34.9. The summed E-state index contributed by atoms with van der Waals surface area (Å²) in [5, 5.41) is 0.727. The van der Waals surface area contributed by atoms with E-state index in [9.17, 15) is 8.78 Å². The number of benzene rings is 2. The monoisotopic (exact) mass is 404 g/mol. The molecule has 0 saturated carbocycles. The molecule has 0 aliphatic carbocycles. The van der Waals surface area contributed by atoms with E-state index in [1.54, 1.807) is 0 Å². The van der Waals surface area contributed by atoms with Crippen molar-refractivity contribution in [2.45, 2.75) is 12.8 Å². The normalized spacial score (nSPS) is 11.0. The molecule has 0 fully saturated rings. The molecule has 0 heterocycles. The van der Waals surface area contributed by atoms with Gasteiger partial charge in [-0.3, -0.25) is 0 Å². The summed E-state index contributed by atoms with van der Waals surface area (Å²) in [7, 11) is 0. The van der Waals surface area contributed by atoms with Gasteiger partial charge in [-0.25, -0.2) is 8.78 Å². The predicted molar refractivity (Wildman–Crippen MR) is 90.7 cm³/mol. The highest BCUT2D eigenvalue weighted by Gasteiger charge is 2.04. The van der Waals surface area contributed by atoms with E-state index >= 15 is 0 Å². The van der Waals surface area contributed by atoms with Gasteiger partial charge >= 0.3 is 0 Å². The summed E-state index contributed by atoms with van der Waals surface area (Å²) in [6, 6.07) is 13.3. The van der Waals surface area contributed by atoms with E-state index in [1.807, 2.05) is 42.5 Å². The molecular formula is C17H16BrClF2O2. The van der Waals surface area contributed by atoms with Crippen LogP contribution in [0.4, 0.5) is 8.78 Å². The average Bonchev–Trinajstić information content (AvgIpc) is 2.52. The van der Waals surface area contributed by atoms with Crippen LogP contribution in [0, 0.1) is 0 Å². The highest BCUT2D eigenvalue weighted by atomic mass is 79.9. The van der Waals surface area contributed by atoms with Crippen molar-refractivity contribution >= 4 is 27.5 Å². The van der Waals surface area contributed by atoms with E-state index in [2.05, 4.69) is 15.9 Å². The maximum Gasteiger partial charge on any atom is 0.261 e. The van der Waals surface area contributed by atoms with Crippen LogP contribution in [0.1, 0.15) is 11.1 Å². The summed E-state index contributed by atoms with van der Waals surface area (Å²) in [5.74, 6) is 0.676. The molecule has 0 unspecified atom stereocenters. The van der Waals surface area contributed by atoms with Crippen molar-refractivity contribution in [1.82, 2.24) is 0 Å². The van der Waals surface area contributed by atoms with Gasteiger partial charge in [0, 0.05) is 9.50 Å². The summed E-state index contributed by atoms with van der Waals surface area (Å²) in [4.78, 5) is 0. The minimum absolute atomic E-state index is 0.139. The van der Waals surface area contributed by atoms with Crippen molar-refractivity contribution in [3.8, 4) is 5.75 Å². The Bertz CT molecular complexity index is 620. The van der Waals surface area contributed by atoms with Crippen molar-refractivity contribution in [1.29, 1.82) is 0 Å². The Hall–Kier alpha value is -1.17. The molecule has 0 atom stereocenters. The van der Waals surface area contributed by atoms with Crippen LogP contribution in [0.2, 0.25) is 5.02 Å². The van der Waals surface area contributed by atoms with E-state index < -0.39 is 13.0 Å². The third-order valence-corrected chi connectivity index (χ3v) is 3.93. The van der Waals surface area contributed by atoms with Crippen LogP contribution >= 0.6 is 27.5 Å². The number of alkyl halides is 2. The standard InChI is InChI=1S/C17H16BrClF2O2/c18-14-3-6-16(19)13(10-14)9-12-1-4-15(5-2-12)23-8-7-22-11-17(20)21/h1-6,10,17H,7-9,11H2. The number of hydrogen-bond acceptors (Lipinski definition) is 2. The summed E-state index contributed by atoms with van der Waals surface area (Å²) in [5.41, 5.74) is 2.14. The van der Waals surface area contributed by atoms with E-state index in [4.69, 9.17) is 21.1 Å². The molecule has 23 heavy (non-hydrogen) atoms. The maximum atomic E-state index is 11.9. The van der Waals surface area contributed by atoms with E-state index in [-0.39, 0.29) is 13.2 Å². The largest absolute Gasteiger partial charge is 0.491 e. The molecule has 2 aromatic rings. The van der Waals surface area contributed by atoms with Crippen LogP contribution in [0.5, 0.6) is 5.75 Å². The number of halogens is 4.